The van der Waals surface area contributed by atoms with Gasteiger partial charge in [0.2, 0.25) is 0 Å². The van der Waals surface area contributed by atoms with E-state index in [0.29, 0.717) is 4.47 Å². The summed E-state index contributed by atoms with van der Waals surface area (Å²) in [6, 6.07) is 2.71. The lowest BCUT2D eigenvalue weighted by molar-refractivity contribution is 0.216. The second-order valence-electron chi connectivity index (χ2n) is 5.68. The first kappa shape index (κ1) is 13.8. The second kappa shape index (κ2) is 5.16. The summed E-state index contributed by atoms with van der Waals surface area (Å²) in [6.07, 6.45) is 4.35. The highest BCUT2D eigenvalue weighted by molar-refractivity contribution is 9.10. The monoisotopic (exact) mass is 317 g/mol. The molecule has 1 N–H and O–H groups in total. The molecule has 0 radical (unpaired) electrons. The Balaban J connectivity index is 2.23. The summed E-state index contributed by atoms with van der Waals surface area (Å²) in [5, 5.41) is 3.06. The van der Waals surface area contributed by atoms with Crippen LogP contribution in [0.25, 0.3) is 0 Å². The molecule has 1 unspecified atom stereocenters. The van der Waals surface area contributed by atoms with Gasteiger partial charge < -0.3 is 5.32 Å². The molecular formula is C14H18BrF2N. The van der Waals surface area contributed by atoms with Gasteiger partial charge in [-0.25, -0.2) is 8.78 Å². The quantitative estimate of drug-likeness (QED) is 0.799. The van der Waals surface area contributed by atoms with Crippen molar-refractivity contribution in [3.05, 3.63) is 28.2 Å². The van der Waals surface area contributed by atoms with Crippen LogP contribution in [0, 0.1) is 17.0 Å². The van der Waals surface area contributed by atoms with E-state index >= 15 is 0 Å². The van der Waals surface area contributed by atoms with Crippen LogP contribution in [0.15, 0.2) is 16.6 Å². The van der Waals surface area contributed by atoms with Crippen LogP contribution in [0.4, 0.5) is 14.5 Å². The number of hydrogen-bond acceptors (Lipinski definition) is 1. The molecule has 1 saturated carbocycles. The van der Waals surface area contributed by atoms with Gasteiger partial charge in [0.15, 0.2) is 0 Å². The number of rotatable bonds is 2. The van der Waals surface area contributed by atoms with Gasteiger partial charge in [-0.05, 0) is 30.4 Å². The van der Waals surface area contributed by atoms with Crippen LogP contribution in [0.3, 0.4) is 0 Å². The van der Waals surface area contributed by atoms with Crippen LogP contribution in [-0.2, 0) is 0 Å². The van der Waals surface area contributed by atoms with E-state index in [0.717, 1.165) is 19.3 Å². The van der Waals surface area contributed by atoms with Crippen molar-refractivity contribution in [3.63, 3.8) is 0 Å². The molecule has 0 aromatic heterocycles. The summed E-state index contributed by atoms with van der Waals surface area (Å²) >= 11 is 3.09. The molecule has 1 fully saturated rings. The molecule has 0 bridgehead atoms. The highest BCUT2D eigenvalue weighted by atomic mass is 79.9. The van der Waals surface area contributed by atoms with Gasteiger partial charge >= 0.3 is 0 Å². The van der Waals surface area contributed by atoms with Crippen LogP contribution in [0.2, 0.25) is 0 Å². The maximum atomic E-state index is 13.8. The molecule has 4 heteroatoms. The molecule has 2 rings (SSSR count). The van der Waals surface area contributed by atoms with Gasteiger partial charge in [0.25, 0.3) is 0 Å². The van der Waals surface area contributed by atoms with Gasteiger partial charge in [-0.2, -0.15) is 0 Å². The topological polar surface area (TPSA) is 12.0 Å². The molecule has 0 heterocycles. The molecule has 1 atom stereocenters. The lowest BCUT2D eigenvalue weighted by Gasteiger charge is -2.39. The van der Waals surface area contributed by atoms with E-state index < -0.39 is 11.6 Å². The zero-order valence-corrected chi connectivity index (χ0v) is 12.3. The fourth-order valence-corrected chi connectivity index (χ4v) is 3.02. The van der Waals surface area contributed by atoms with E-state index in [9.17, 15) is 8.78 Å². The molecule has 1 aromatic rings. The first-order chi connectivity index (χ1) is 8.40. The average Bonchev–Trinajstić information content (AvgIpc) is 2.24. The predicted octanol–water partition coefficient (Wildman–Crippen LogP) is 5.11. The summed E-state index contributed by atoms with van der Waals surface area (Å²) in [5.41, 5.74) is 0.0719. The van der Waals surface area contributed by atoms with Crippen molar-refractivity contribution in [2.24, 2.45) is 5.41 Å². The minimum absolute atomic E-state index is 0.00169. The minimum Gasteiger partial charge on any atom is -0.377 e. The molecule has 0 amide bonds. The summed E-state index contributed by atoms with van der Waals surface area (Å²) < 4.78 is 28.0. The van der Waals surface area contributed by atoms with Crippen molar-refractivity contribution >= 4 is 21.6 Å². The molecule has 0 saturated heterocycles. The Kier molecular flexibility index (Phi) is 3.95. The summed E-state index contributed by atoms with van der Waals surface area (Å²) in [6.45, 7) is 4.30. The Morgan fingerprint density at radius 1 is 1.22 bits per heavy atom. The normalized spacial score (nSPS) is 22.8. The molecule has 1 aliphatic rings. The SMILES string of the molecule is CC1(C)CCCCC1Nc1c(F)cc(Br)cc1F. The maximum Gasteiger partial charge on any atom is 0.150 e. The zero-order valence-electron chi connectivity index (χ0n) is 10.7. The van der Waals surface area contributed by atoms with Gasteiger partial charge in [0, 0.05) is 10.5 Å². The van der Waals surface area contributed by atoms with Gasteiger partial charge in [-0.15, -0.1) is 0 Å². The van der Waals surface area contributed by atoms with E-state index in [-0.39, 0.29) is 17.1 Å². The molecule has 100 valence electrons. The Bertz CT molecular complexity index is 422. The van der Waals surface area contributed by atoms with Crippen molar-refractivity contribution in [3.8, 4) is 0 Å². The number of benzene rings is 1. The summed E-state index contributed by atoms with van der Waals surface area (Å²) in [5.74, 6) is -1.08. The van der Waals surface area contributed by atoms with E-state index in [4.69, 9.17) is 0 Å². The Morgan fingerprint density at radius 2 is 1.83 bits per heavy atom. The molecule has 0 spiro atoms. The molecule has 1 aliphatic carbocycles. The van der Waals surface area contributed by atoms with Crippen molar-refractivity contribution in [1.29, 1.82) is 0 Å². The number of anilines is 1. The largest absolute Gasteiger partial charge is 0.377 e. The number of hydrogen-bond donors (Lipinski definition) is 1. The fraction of sp³-hybridized carbons (Fsp3) is 0.571. The number of halogens is 3. The third-order valence-corrected chi connectivity index (χ3v) is 4.29. The van der Waals surface area contributed by atoms with Crippen LogP contribution in [0.5, 0.6) is 0 Å². The first-order valence-electron chi connectivity index (χ1n) is 6.31. The van der Waals surface area contributed by atoms with Crippen molar-refractivity contribution < 1.29 is 8.78 Å². The van der Waals surface area contributed by atoms with Crippen molar-refractivity contribution in [2.45, 2.75) is 45.6 Å². The van der Waals surface area contributed by atoms with E-state index in [1.54, 1.807) is 0 Å². The first-order valence-corrected chi connectivity index (χ1v) is 7.10. The molecule has 1 nitrogen and oxygen atoms in total. The lowest BCUT2D eigenvalue weighted by Crippen LogP contribution is -2.39. The minimum atomic E-state index is -0.539. The lowest BCUT2D eigenvalue weighted by atomic mass is 9.73. The smallest absolute Gasteiger partial charge is 0.150 e. The second-order valence-corrected chi connectivity index (χ2v) is 6.59. The van der Waals surface area contributed by atoms with Crippen molar-refractivity contribution in [1.82, 2.24) is 0 Å². The van der Waals surface area contributed by atoms with Crippen LogP contribution in [0.1, 0.15) is 39.5 Å². The number of nitrogens with one attached hydrogen (secondary N) is 1. The molecule has 18 heavy (non-hydrogen) atoms. The van der Waals surface area contributed by atoms with E-state index in [1.807, 2.05) is 0 Å². The Morgan fingerprint density at radius 3 is 2.39 bits per heavy atom. The molecular weight excluding hydrogens is 300 g/mol. The highest BCUT2D eigenvalue weighted by Gasteiger charge is 2.33. The van der Waals surface area contributed by atoms with E-state index in [1.165, 1.54) is 18.6 Å². The molecule has 0 aliphatic heterocycles. The van der Waals surface area contributed by atoms with Crippen LogP contribution >= 0.6 is 15.9 Å². The van der Waals surface area contributed by atoms with Crippen molar-refractivity contribution in [2.75, 3.05) is 5.32 Å². The summed E-state index contributed by atoms with van der Waals surface area (Å²) in [7, 11) is 0. The Labute approximate surface area is 115 Å². The van der Waals surface area contributed by atoms with Gasteiger partial charge in [0.05, 0.1) is 0 Å². The van der Waals surface area contributed by atoms with Crippen LogP contribution < -0.4 is 5.32 Å². The van der Waals surface area contributed by atoms with Gasteiger partial charge in [-0.1, -0.05) is 42.6 Å². The standard InChI is InChI=1S/C14H18BrF2N/c1-14(2)6-4-3-5-12(14)18-13-10(16)7-9(15)8-11(13)17/h7-8,12,18H,3-6H2,1-2H3. The third-order valence-electron chi connectivity index (χ3n) is 3.83. The van der Waals surface area contributed by atoms with Crippen LogP contribution in [-0.4, -0.2) is 6.04 Å². The average molecular weight is 318 g/mol. The highest BCUT2D eigenvalue weighted by Crippen LogP contribution is 2.38. The zero-order chi connectivity index (χ0) is 13.3. The fourth-order valence-electron chi connectivity index (χ4n) is 2.62. The van der Waals surface area contributed by atoms with Gasteiger partial charge in [0.1, 0.15) is 17.3 Å². The maximum absolute atomic E-state index is 13.8. The van der Waals surface area contributed by atoms with E-state index in [2.05, 4.69) is 35.1 Å². The van der Waals surface area contributed by atoms with Gasteiger partial charge in [-0.3, -0.25) is 0 Å². The Hall–Kier alpha value is -0.640. The molecule has 1 aromatic carbocycles. The predicted molar refractivity (Wildman–Crippen MR) is 73.7 cm³/mol. The third kappa shape index (κ3) is 2.85. The summed E-state index contributed by atoms with van der Waals surface area (Å²) in [4.78, 5) is 0.